The van der Waals surface area contributed by atoms with Crippen molar-refractivity contribution < 1.29 is 14.6 Å². The van der Waals surface area contributed by atoms with E-state index in [9.17, 15) is 9.90 Å². The largest absolute Gasteiger partial charge is 0.458 e. The Morgan fingerprint density at radius 1 is 0.962 bits per heavy atom. The Labute approximate surface area is 157 Å². The third-order valence-corrected chi connectivity index (χ3v) is 10.8. The molecule has 0 amide bonds. The first-order chi connectivity index (χ1) is 12.5. The van der Waals surface area contributed by atoms with E-state index in [1.165, 1.54) is 44.9 Å². The van der Waals surface area contributed by atoms with Crippen LogP contribution in [0.2, 0.25) is 0 Å². The summed E-state index contributed by atoms with van der Waals surface area (Å²) in [4.78, 5) is 12.2. The molecule has 0 aromatic heterocycles. The van der Waals surface area contributed by atoms with Gasteiger partial charge in [0, 0.05) is 17.8 Å². The molecule has 6 rings (SSSR count). The van der Waals surface area contributed by atoms with Gasteiger partial charge in [-0.2, -0.15) is 0 Å². The highest BCUT2D eigenvalue weighted by molar-refractivity contribution is 5.71. The van der Waals surface area contributed by atoms with Gasteiger partial charge in [0.05, 0.1) is 6.10 Å². The summed E-state index contributed by atoms with van der Waals surface area (Å²) in [7, 11) is 0. The molecule has 1 saturated heterocycles. The van der Waals surface area contributed by atoms with Crippen LogP contribution in [-0.4, -0.2) is 22.8 Å². The molecule has 1 heterocycles. The predicted molar refractivity (Wildman–Crippen MR) is 98.2 cm³/mol. The van der Waals surface area contributed by atoms with Crippen molar-refractivity contribution in [2.45, 2.75) is 95.7 Å². The topological polar surface area (TPSA) is 46.5 Å². The van der Waals surface area contributed by atoms with Gasteiger partial charge >= 0.3 is 5.97 Å². The molecule has 5 saturated carbocycles. The molecule has 9 atom stereocenters. The van der Waals surface area contributed by atoms with Crippen molar-refractivity contribution in [3.05, 3.63) is 0 Å². The molecule has 3 unspecified atom stereocenters. The molecule has 5 aliphatic carbocycles. The molecule has 1 aliphatic heterocycles. The van der Waals surface area contributed by atoms with Gasteiger partial charge in [-0.05, 0) is 99.7 Å². The average molecular weight is 359 g/mol. The Hall–Kier alpha value is -0.570. The molecule has 0 bridgehead atoms. The maximum atomic E-state index is 12.2. The van der Waals surface area contributed by atoms with Gasteiger partial charge in [0.15, 0.2) is 0 Å². The first-order valence-electron chi connectivity index (χ1n) is 11.4. The summed E-state index contributed by atoms with van der Waals surface area (Å²) in [5, 5.41) is 10.2. The van der Waals surface area contributed by atoms with Crippen LogP contribution in [0.4, 0.5) is 0 Å². The number of ether oxygens (including phenoxy) is 1. The standard InChI is InChI=1S/C23H34O3/c1-21-9-6-16(24)12-14(21)2-4-17-18(21)7-10-22-13-15-3-5-20(25)26-23(15,22)11-8-19(17)22/h14-19,24H,2-13H2,1H3/t14-,15-,16-,17?,18?,19?,21-,22+,23-/m0/s1. The molecule has 26 heavy (non-hydrogen) atoms. The zero-order valence-electron chi connectivity index (χ0n) is 16.2. The molecule has 1 N–H and O–H groups in total. The second-order valence-corrected chi connectivity index (χ2v) is 11.1. The van der Waals surface area contributed by atoms with Crippen LogP contribution in [0.5, 0.6) is 0 Å². The number of hydrogen-bond donors (Lipinski definition) is 1. The number of fused-ring (bicyclic) bond motifs is 4. The molecule has 0 aromatic rings. The van der Waals surface area contributed by atoms with Gasteiger partial charge in [-0.15, -0.1) is 0 Å². The third-order valence-electron chi connectivity index (χ3n) is 10.8. The van der Waals surface area contributed by atoms with E-state index in [0.29, 0.717) is 23.2 Å². The lowest BCUT2D eigenvalue weighted by Gasteiger charge is -2.69. The maximum Gasteiger partial charge on any atom is 0.306 e. The molecular formula is C23H34O3. The van der Waals surface area contributed by atoms with Gasteiger partial charge in [0.2, 0.25) is 0 Å². The van der Waals surface area contributed by atoms with E-state index in [1.807, 2.05) is 0 Å². The van der Waals surface area contributed by atoms with Crippen LogP contribution in [0.25, 0.3) is 0 Å². The molecule has 3 heteroatoms. The van der Waals surface area contributed by atoms with Gasteiger partial charge < -0.3 is 9.84 Å². The van der Waals surface area contributed by atoms with Crippen LogP contribution in [0.3, 0.4) is 0 Å². The average Bonchev–Trinajstić information content (AvgIpc) is 2.83. The van der Waals surface area contributed by atoms with Gasteiger partial charge in [-0.1, -0.05) is 6.92 Å². The Kier molecular flexibility index (Phi) is 3.20. The summed E-state index contributed by atoms with van der Waals surface area (Å²) in [6, 6.07) is 0. The number of rotatable bonds is 0. The zero-order valence-corrected chi connectivity index (χ0v) is 16.2. The minimum atomic E-state index is -0.0571. The summed E-state index contributed by atoms with van der Waals surface area (Å²) in [6.07, 6.45) is 14.1. The van der Waals surface area contributed by atoms with E-state index < -0.39 is 0 Å². The molecule has 2 spiro atoms. The molecule has 6 fully saturated rings. The smallest absolute Gasteiger partial charge is 0.306 e. The normalized spacial score (nSPS) is 60.5. The number of carbonyl (C=O) groups is 1. The van der Waals surface area contributed by atoms with Crippen LogP contribution >= 0.6 is 0 Å². The van der Waals surface area contributed by atoms with Crippen molar-refractivity contribution in [3.8, 4) is 0 Å². The Morgan fingerprint density at radius 2 is 1.81 bits per heavy atom. The van der Waals surface area contributed by atoms with Crippen molar-refractivity contribution in [2.24, 2.45) is 40.4 Å². The Bertz CT molecular complexity index is 645. The lowest BCUT2D eigenvalue weighted by Crippen LogP contribution is -2.69. The van der Waals surface area contributed by atoms with E-state index in [2.05, 4.69) is 6.92 Å². The summed E-state index contributed by atoms with van der Waals surface area (Å²) >= 11 is 0. The van der Waals surface area contributed by atoms with Crippen LogP contribution in [0.1, 0.15) is 84.0 Å². The number of esters is 1. The Morgan fingerprint density at radius 3 is 2.69 bits per heavy atom. The zero-order chi connectivity index (χ0) is 17.7. The van der Waals surface area contributed by atoms with Gasteiger partial charge in [0.1, 0.15) is 5.60 Å². The number of carbonyl (C=O) groups excluding carboxylic acids is 1. The number of hydrogen-bond acceptors (Lipinski definition) is 3. The fourth-order valence-electron chi connectivity index (χ4n) is 9.71. The molecule has 144 valence electrons. The minimum Gasteiger partial charge on any atom is -0.458 e. The first kappa shape index (κ1) is 16.4. The van der Waals surface area contributed by atoms with Crippen molar-refractivity contribution in [2.75, 3.05) is 0 Å². The second-order valence-electron chi connectivity index (χ2n) is 11.1. The monoisotopic (exact) mass is 358 g/mol. The van der Waals surface area contributed by atoms with Crippen molar-refractivity contribution in [3.63, 3.8) is 0 Å². The van der Waals surface area contributed by atoms with Crippen molar-refractivity contribution in [1.82, 2.24) is 0 Å². The second kappa shape index (κ2) is 5.07. The molecule has 6 aliphatic rings. The first-order valence-corrected chi connectivity index (χ1v) is 11.4. The van der Waals surface area contributed by atoms with Gasteiger partial charge in [-0.3, -0.25) is 4.79 Å². The van der Waals surface area contributed by atoms with E-state index >= 15 is 0 Å². The summed E-state index contributed by atoms with van der Waals surface area (Å²) < 4.78 is 6.21. The van der Waals surface area contributed by atoms with Crippen LogP contribution < -0.4 is 0 Å². The SMILES string of the molecule is C[C@]12CC[C@H](O)C[C@@H]1CCC1C3CC[C@]45OC(=O)CC[C@H]4C[C@]35CCC12. The summed E-state index contributed by atoms with van der Waals surface area (Å²) in [6.45, 7) is 2.56. The van der Waals surface area contributed by atoms with E-state index in [4.69, 9.17) is 4.74 Å². The highest BCUT2D eigenvalue weighted by atomic mass is 16.6. The lowest BCUT2D eigenvalue weighted by atomic mass is 9.38. The lowest BCUT2D eigenvalue weighted by molar-refractivity contribution is -0.274. The third kappa shape index (κ3) is 1.73. The highest BCUT2D eigenvalue weighted by Gasteiger charge is 2.77. The molecular weight excluding hydrogens is 324 g/mol. The van der Waals surface area contributed by atoms with Gasteiger partial charge in [0.25, 0.3) is 0 Å². The van der Waals surface area contributed by atoms with Crippen LogP contribution in [-0.2, 0) is 9.53 Å². The fourth-order valence-corrected chi connectivity index (χ4v) is 9.71. The van der Waals surface area contributed by atoms with E-state index in [0.717, 1.165) is 49.4 Å². The number of aliphatic hydroxyl groups is 1. The fraction of sp³-hybridized carbons (Fsp3) is 0.957. The summed E-state index contributed by atoms with van der Waals surface area (Å²) in [5.74, 6) is 3.98. The maximum absolute atomic E-state index is 12.2. The molecule has 3 nitrogen and oxygen atoms in total. The van der Waals surface area contributed by atoms with Crippen molar-refractivity contribution in [1.29, 1.82) is 0 Å². The van der Waals surface area contributed by atoms with E-state index in [-0.39, 0.29) is 17.7 Å². The quantitative estimate of drug-likeness (QED) is 0.650. The minimum absolute atomic E-state index is 0.0525. The van der Waals surface area contributed by atoms with Crippen molar-refractivity contribution >= 4 is 5.97 Å². The predicted octanol–water partition coefficient (Wildman–Crippen LogP) is 4.47. The Balaban J connectivity index is 1.32. The molecule has 0 aromatic carbocycles. The highest BCUT2D eigenvalue weighted by Crippen LogP contribution is 2.77. The van der Waals surface area contributed by atoms with Crippen LogP contribution in [0.15, 0.2) is 0 Å². The molecule has 0 radical (unpaired) electrons. The summed E-state index contributed by atoms with van der Waals surface area (Å²) in [5.41, 5.74) is 0.733. The number of aliphatic hydroxyl groups excluding tert-OH is 1. The van der Waals surface area contributed by atoms with E-state index in [1.54, 1.807) is 0 Å². The van der Waals surface area contributed by atoms with Gasteiger partial charge in [-0.25, -0.2) is 0 Å². The van der Waals surface area contributed by atoms with Crippen LogP contribution in [0, 0.1) is 40.4 Å².